The fraction of sp³-hybridized carbons (Fsp3) is 0.154. The average molecular weight is 497 g/mol. The normalized spacial score (nSPS) is 15.6. The molecule has 0 bridgehead atoms. The highest BCUT2D eigenvalue weighted by Crippen LogP contribution is 2.39. The summed E-state index contributed by atoms with van der Waals surface area (Å²) in [7, 11) is 0. The second-order valence-corrected chi connectivity index (χ2v) is 8.90. The first kappa shape index (κ1) is 23.9. The number of hydrogen-bond acceptors (Lipinski definition) is 5. The molecule has 1 aliphatic heterocycles. The highest BCUT2D eigenvalue weighted by Gasteiger charge is 2.24. The van der Waals surface area contributed by atoms with E-state index in [1.807, 2.05) is 38.1 Å². The van der Waals surface area contributed by atoms with Gasteiger partial charge in [-0.1, -0.05) is 47.5 Å². The molecule has 1 fully saturated rings. The number of nitrogens with one attached hydrogen (secondary N) is 1. The number of aliphatic imine (C=N–C) groups is 1. The van der Waals surface area contributed by atoms with Gasteiger partial charge in [0.05, 0.1) is 22.2 Å². The standard InChI is InChI=1S/C26H22ClFN2O3S/c1-3-32-22-13-17(12-20(27)24(22)33-15-18-6-4-5-7-21(18)28)14-23-25(31)30-26(34-23)29-19-10-8-16(2)9-11-19/h4-14H,3,15H2,1-2H3,(H,29,30,31)/b23-14-. The summed E-state index contributed by atoms with van der Waals surface area (Å²) < 4.78 is 25.5. The Balaban J connectivity index is 1.56. The van der Waals surface area contributed by atoms with Gasteiger partial charge < -0.3 is 14.8 Å². The first-order valence-corrected chi connectivity index (χ1v) is 11.8. The molecule has 0 aliphatic carbocycles. The van der Waals surface area contributed by atoms with Crippen LogP contribution in [0.4, 0.5) is 10.1 Å². The van der Waals surface area contributed by atoms with Gasteiger partial charge in [-0.15, -0.1) is 0 Å². The van der Waals surface area contributed by atoms with Gasteiger partial charge in [0.2, 0.25) is 0 Å². The van der Waals surface area contributed by atoms with E-state index in [9.17, 15) is 9.18 Å². The molecule has 0 aromatic heterocycles. The molecule has 1 N–H and O–H groups in total. The maximum absolute atomic E-state index is 14.0. The van der Waals surface area contributed by atoms with Crippen LogP contribution in [0.2, 0.25) is 5.02 Å². The van der Waals surface area contributed by atoms with Crippen LogP contribution in [-0.2, 0) is 11.4 Å². The van der Waals surface area contributed by atoms with Gasteiger partial charge in [-0.25, -0.2) is 9.38 Å². The summed E-state index contributed by atoms with van der Waals surface area (Å²) in [5, 5.41) is 3.58. The molecule has 4 rings (SSSR count). The van der Waals surface area contributed by atoms with E-state index in [4.69, 9.17) is 21.1 Å². The fourth-order valence-corrected chi connectivity index (χ4v) is 4.32. The average Bonchev–Trinajstić information content (AvgIpc) is 3.14. The van der Waals surface area contributed by atoms with Gasteiger partial charge in [-0.2, -0.15) is 0 Å². The van der Waals surface area contributed by atoms with Crippen molar-refractivity contribution in [2.45, 2.75) is 20.5 Å². The zero-order valence-corrected chi connectivity index (χ0v) is 20.2. The highest BCUT2D eigenvalue weighted by molar-refractivity contribution is 8.18. The maximum Gasteiger partial charge on any atom is 0.264 e. The molecule has 5 nitrogen and oxygen atoms in total. The quantitative estimate of drug-likeness (QED) is 0.372. The van der Waals surface area contributed by atoms with E-state index in [2.05, 4.69) is 10.3 Å². The summed E-state index contributed by atoms with van der Waals surface area (Å²) >= 11 is 7.73. The number of amidine groups is 1. The Bertz CT molecular complexity index is 1280. The van der Waals surface area contributed by atoms with Crippen LogP contribution in [0.5, 0.6) is 11.5 Å². The third kappa shape index (κ3) is 5.79. The number of aryl methyl sites for hydroxylation is 1. The Kier molecular flexibility index (Phi) is 7.55. The Morgan fingerprint density at radius 1 is 1.12 bits per heavy atom. The molecule has 174 valence electrons. The number of rotatable bonds is 7. The van der Waals surface area contributed by atoms with Crippen molar-refractivity contribution in [2.75, 3.05) is 6.61 Å². The molecule has 1 aliphatic rings. The second kappa shape index (κ2) is 10.8. The number of hydrogen-bond donors (Lipinski definition) is 1. The minimum absolute atomic E-state index is 0.00396. The number of benzene rings is 3. The van der Waals surface area contributed by atoms with Crippen LogP contribution in [0.3, 0.4) is 0 Å². The van der Waals surface area contributed by atoms with Gasteiger partial charge in [0.1, 0.15) is 12.4 Å². The van der Waals surface area contributed by atoms with E-state index in [0.29, 0.717) is 44.3 Å². The third-order valence-corrected chi connectivity index (χ3v) is 6.07. The Morgan fingerprint density at radius 2 is 1.88 bits per heavy atom. The lowest BCUT2D eigenvalue weighted by molar-refractivity contribution is -0.115. The molecule has 0 atom stereocenters. The van der Waals surface area contributed by atoms with E-state index >= 15 is 0 Å². The lowest BCUT2D eigenvalue weighted by Crippen LogP contribution is -2.19. The summed E-state index contributed by atoms with van der Waals surface area (Å²) in [6, 6.07) is 17.5. The summed E-state index contributed by atoms with van der Waals surface area (Å²) in [6.07, 6.45) is 1.71. The molecule has 34 heavy (non-hydrogen) atoms. The van der Waals surface area contributed by atoms with E-state index in [0.717, 1.165) is 11.3 Å². The lowest BCUT2D eigenvalue weighted by atomic mass is 10.1. The zero-order valence-electron chi connectivity index (χ0n) is 18.6. The zero-order chi connectivity index (χ0) is 24.1. The highest BCUT2D eigenvalue weighted by atomic mass is 35.5. The monoisotopic (exact) mass is 496 g/mol. The van der Waals surface area contributed by atoms with Crippen LogP contribution in [0, 0.1) is 12.7 Å². The SMILES string of the molecule is CCOc1cc(/C=C2\SC(=Nc3ccc(C)cc3)NC2=O)cc(Cl)c1OCc1ccccc1F. The van der Waals surface area contributed by atoms with Crippen molar-refractivity contribution in [3.63, 3.8) is 0 Å². The lowest BCUT2D eigenvalue weighted by Gasteiger charge is -2.15. The summed E-state index contributed by atoms with van der Waals surface area (Å²) in [5.41, 5.74) is 2.97. The van der Waals surface area contributed by atoms with Crippen molar-refractivity contribution >= 4 is 46.2 Å². The van der Waals surface area contributed by atoms with Gasteiger partial charge in [-0.3, -0.25) is 4.79 Å². The van der Waals surface area contributed by atoms with Crippen LogP contribution in [-0.4, -0.2) is 17.7 Å². The van der Waals surface area contributed by atoms with E-state index in [1.165, 1.54) is 17.8 Å². The minimum atomic E-state index is -0.356. The first-order valence-electron chi connectivity index (χ1n) is 10.6. The molecule has 3 aromatic carbocycles. The number of carbonyl (C=O) groups excluding carboxylic acids is 1. The van der Waals surface area contributed by atoms with Crippen molar-refractivity contribution in [1.82, 2.24) is 5.32 Å². The predicted molar refractivity (Wildman–Crippen MR) is 135 cm³/mol. The molecule has 0 spiro atoms. The van der Waals surface area contributed by atoms with Gasteiger partial charge in [0.25, 0.3) is 5.91 Å². The van der Waals surface area contributed by atoms with Crippen LogP contribution in [0.1, 0.15) is 23.6 Å². The number of halogens is 2. The molecular weight excluding hydrogens is 475 g/mol. The molecule has 0 radical (unpaired) electrons. The Labute approximate surface area is 206 Å². The van der Waals surface area contributed by atoms with Gasteiger partial charge in [-0.05, 0) is 67.6 Å². The number of ether oxygens (including phenoxy) is 2. The molecule has 1 amide bonds. The Morgan fingerprint density at radius 3 is 2.62 bits per heavy atom. The van der Waals surface area contributed by atoms with Crippen molar-refractivity contribution < 1.29 is 18.7 Å². The predicted octanol–water partition coefficient (Wildman–Crippen LogP) is 6.66. The number of amides is 1. The maximum atomic E-state index is 14.0. The molecule has 1 heterocycles. The second-order valence-electron chi connectivity index (χ2n) is 7.46. The van der Waals surface area contributed by atoms with E-state index in [-0.39, 0.29) is 18.3 Å². The topological polar surface area (TPSA) is 59.9 Å². The number of carbonyl (C=O) groups is 1. The van der Waals surface area contributed by atoms with E-state index in [1.54, 1.807) is 36.4 Å². The van der Waals surface area contributed by atoms with Crippen LogP contribution in [0.15, 0.2) is 70.6 Å². The molecule has 8 heteroatoms. The van der Waals surface area contributed by atoms with Crippen molar-refractivity contribution in [1.29, 1.82) is 0 Å². The molecule has 0 saturated carbocycles. The molecule has 0 unspecified atom stereocenters. The molecule has 3 aromatic rings. The van der Waals surface area contributed by atoms with Crippen molar-refractivity contribution in [3.05, 3.63) is 93.1 Å². The summed E-state index contributed by atoms with van der Waals surface area (Å²) in [4.78, 5) is 17.4. The molecule has 1 saturated heterocycles. The number of thioether (sulfide) groups is 1. The third-order valence-electron chi connectivity index (χ3n) is 4.87. The summed E-state index contributed by atoms with van der Waals surface area (Å²) in [5.74, 6) is 0.129. The van der Waals surface area contributed by atoms with Gasteiger partial charge in [0.15, 0.2) is 16.7 Å². The minimum Gasteiger partial charge on any atom is -0.490 e. The summed E-state index contributed by atoms with van der Waals surface area (Å²) in [6.45, 7) is 4.23. The Hall–Kier alpha value is -3.29. The fourth-order valence-electron chi connectivity index (χ4n) is 3.21. The van der Waals surface area contributed by atoms with E-state index < -0.39 is 0 Å². The van der Waals surface area contributed by atoms with Gasteiger partial charge in [0, 0.05) is 5.56 Å². The van der Waals surface area contributed by atoms with Crippen molar-refractivity contribution in [2.24, 2.45) is 4.99 Å². The van der Waals surface area contributed by atoms with Gasteiger partial charge >= 0.3 is 0 Å². The van der Waals surface area contributed by atoms with Crippen LogP contribution < -0.4 is 14.8 Å². The number of nitrogens with zero attached hydrogens (tertiary/aromatic N) is 1. The van der Waals surface area contributed by atoms with Crippen molar-refractivity contribution in [3.8, 4) is 11.5 Å². The first-order chi connectivity index (χ1) is 16.4. The smallest absolute Gasteiger partial charge is 0.264 e. The largest absolute Gasteiger partial charge is 0.490 e. The van der Waals surface area contributed by atoms with Crippen LogP contribution >= 0.6 is 23.4 Å². The molecular formula is C26H22ClFN2O3S. The van der Waals surface area contributed by atoms with Crippen LogP contribution in [0.25, 0.3) is 6.08 Å².